The number of nitrogens with zero attached hydrogens (tertiary/aromatic N) is 2. The van der Waals surface area contributed by atoms with Crippen molar-refractivity contribution in [2.75, 3.05) is 19.8 Å². The van der Waals surface area contributed by atoms with Crippen molar-refractivity contribution in [1.29, 1.82) is 0 Å². The molecule has 0 unspecified atom stereocenters. The highest BCUT2D eigenvalue weighted by atomic mass is 31.2. The van der Waals surface area contributed by atoms with Crippen LogP contribution in [0.25, 0.3) is 0 Å². The smallest absolute Gasteiger partial charge is 0.325 e. The Labute approximate surface area is 137 Å². The van der Waals surface area contributed by atoms with Crippen LogP contribution in [0.2, 0.25) is 0 Å². The molecule has 0 bridgehead atoms. The molecule has 7 heteroatoms. The number of hydrogen-bond donors (Lipinski definition) is 3. The van der Waals surface area contributed by atoms with E-state index < -0.39 is 7.60 Å². The number of nitrogens with two attached hydrogens (primary N) is 1. The third-order valence-corrected chi connectivity index (χ3v) is 4.11. The highest BCUT2D eigenvalue weighted by molar-refractivity contribution is 7.51. The summed E-state index contributed by atoms with van der Waals surface area (Å²) in [6.45, 7) is 2.31. The summed E-state index contributed by atoms with van der Waals surface area (Å²) in [6.07, 6.45) is 2.78. The molecule has 0 amide bonds. The highest BCUT2D eigenvalue weighted by Crippen LogP contribution is 2.35. The second-order valence-corrected chi connectivity index (χ2v) is 6.94. The van der Waals surface area contributed by atoms with Gasteiger partial charge in [0.15, 0.2) is 0 Å². The Morgan fingerprint density at radius 2 is 1.91 bits per heavy atom. The van der Waals surface area contributed by atoms with Gasteiger partial charge in [0.05, 0.1) is 5.71 Å². The van der Waals surface area contributed by atoms with Crippen LogP contribution >= 0.6 is 7.60 Å². The maximum absolute atomic E-state index is 10.7. The average molecular weight is 337 g/mol. The summed E-state index contributed by atoms with van der Waals surface area (Å²) >= 11 is 0. The topological polar surface area (TPSA) is 108 Å². The molecular weight excluding hydrogens is 313 g/mol. The first-order chi connectivity index (χ1) is 10.8. The van der Waals surface area contributed by atoms with Crippen LogP contribution in [-0.2, 0) is 4.57 Å². The van der Waals surface area contributed by atoms with Crippen LogP contribution < -0.4 is 5.73 Å². The molecule has 6 nitrogen and oxygen atoms in total. The predicted molar refractivity (Wildman–Crippen MR) is 95.3 cm³/mol. The summed E-state index contributed by atoms with van der Waals surface area (Å²) in [7, 11) is -2.19. The quantitative estimate of drug-likeness (QED) is 0.293. The fourth-order valence-electron chi connectivity index (χ4n) is 1.92. The first kappa shape index (κ1) is 19.3. The third kappa shape index (κ3) is 7.88. The summed E-state index contributed by atoms with van der Waals surface area (Å²) in [5, 5.41) is 0. The van der Waals surface area contributed by atoms with E-state index in [1.807, 2.05) is 43.3 Å². The first-order valence-corrected chi connectivity index (χ1v) is 9.18. The van der Waals surface area contributed by atoms with E-state index in [4.69, 9.17) is 15.5 Å². The van der Waals surface area contributed by atoms with Gasteiger partial charge >= 0.3 is 7.60 Å². The summed E-state index contributed by atoms with van der Waals surface area (Å²) in [6, 6.07) is 9.79. The maximum atomic E-state index is 10.7. The Hall–Kier alpha value is -1.75. The average Bonchev–Trinajstić information content (AvgIpc) is 2.51. The molecule has 1 aromatic carbocycles. The lowest BCUT2D eigenvalue weighted by Gasteiger charge is -2.05. The van der Waals surface area contributed by atoms with Gasteiger partial charge in [-0.25, -0.2) is 0 Å². The minimum absolute atomic E-state index is 0.113. The number of allylic oxidation sites excluding steroid dienone is 1. The molecule has 0 saturated heterocycles. The molecule has 0 atom stereocenters. The molecule has 0 fully saturated rings. The molecule has 0 saturated carbocycles. The number of hydrogen-bond acceptors (Lipinski definition) is 3. The Balaban J connectivity index is 2.62. The van der Waals surface area contributed by atoms with E-state index in [0.717, 1.165) is 16.8 Å². The van der Waals surface area contributed by atoms with Crippen molar-refractivity contribution in [2.24, 2.45) is 15.7 Å². The lowest BCUT2D eigenvalue weighted by molar-refractivity contribution is 0.371. The molecule has 1 aromatic rings. The zero-order valence-corrected chi connectivity index (χ0v) is 14.4. The van der Waals surface area contributed by atoms with Gasteiger partial charge in [0.1, 0.15) is 5.84 Å². The second kappa shape index (κ2) is 9.40. The van der Waals surface area contributed by atoms with Gasteiger partial charge in [0, 0.05) is 19.8 Å². The van der Waals surface area contributed by atoms with Crippen molar-refractivity contribution in [1.82, 2.24) is 0 Å². The number of aliphatic imine (C=N–C) groups is 2. The van der Waals surface area contributed by atoms with Gasteiger partial charge in [-0.05, 0) is 37.0 Å². The first-order valence-electron chi connectivity index (χ1n) is 7.39. The van der Waals surface area contributed by atoms with Crippen LogP contribution in [0.5, 0.6) is 0 Å². The normalized spacial score (nSPS) is 14.2. The zero-order valence-electron chi connectivity index (χ0n) is 13.5. The van der Waals surface area contributed by atoms with Crippen LogP contribution in [0, 0.1) is 0 Å². The molecular formula is C16H24N3O3P. The number of amidine groups is 1. The molecule has 23 heavy (non-hydrogen) atoms. The third-order valence-electron chi connectivity index (χ3n) is 3.21. The van der Waals surface area contributed by atoms with E-state index in [2.05, 4.69) is 9.98 Å². The van der Waals surface area contributed by atoms with E-state index in [9.17, 15) is 4.57 Å². The summed E-state index contributed by atoms with van der Waals surface area (Å²) in [5.41, 5.74) is 8.57. The van der Waals surface area contributed by atoms with Crippen LogP contribution in [0.4, 0.5) is 0 Å². The van der Waals surface area contributed by atoms with Crippen LogP contribution in [-0.4, -0.2) is 41.1 Å². The summed E-state index contributed by atoms with van der Waals surface area (Å²) in [5.74, 6) is 0.415. The maximum Gasteiger partial charge on any atom is 0.325 e. The summed E-state index contributed by atoms with van der Waals surface area (Å²) in [4.78, 5) is 26.1. The van der Waals surface area contributed by atoms with E-state index in [1.165, 1.54) is 0 Å². The molecule has 0 aromatic heterocycles. The molecule has 4 N–H and O–H groups in total. The van der Waals surface area contributed by atoms with E-state index in [1.54, 1.807) is 7.05 Å². The van der Waals surface area contributed by atoms with Crippen molar-refractivity contribution >= 4 is 19.1 Å². The zero-order chi connectivity index (χ0) is 17.3. The molecule has 0 aliphatic heterocycles. The fraction of sp³-hybridized carbons (Fsp3) is 0.375. The van der Waals surface area contributed by atoms with Crippen molar-refractivity contribution in [3.63, 3.8) is 0 Å². The Kier molecular flexibility index (Phi) is 7.89. The molecule has 0 heterocycles. The largest absolute Gasteiger partial charge is 0.384 e. The monoisotopic (exact) mass is 337 g/mol. The Morgan fingerprint density at radius 3 is 2.48 bits per heavy atom. The van der Waals surface area contributed by atoms with Crippen LogP contribution in [0.3, 0.4) is 0 Å². The second-order valence-electron chi connectivity index (χ2n) is 5.16. The lowest BCUT2D eigenvalue weighted by atomic mass is 10.1. The minimum Gasteiger partial charge on any atom is -0.384 e. The van der Waals surface area contributed by atoms with Gasteiger partial charge in [0.25, 0.3) is 0 Å². The van der Waals surface area contributed by atoms with Gasteiger partial charge < -0.3 is 15.5 Å². The Morgan fingerprint density at radius 1 is 1.26 bits per heavy atom. The Bertz CT molecular complexity index is 633. The standard InChI is InChI=1S/C16H24N3O3P/c1-13(12-15(18-2)14-8-4-3-5-9-14)16(17)19-10-6-7-11-23(20,21)22/h3-5,8-9,12H,6-7,10-11H2,1-2H3,(H2,17,19)(H2,20,21,22)/b13-12-,18-15+. The SMILES string of the molecule is C\N=C(/C=C(C)\C(N)=N\CCCCP(=O)(O)O)c1ccccc1. The molecule has 0 aliphatic carbocycles. The number of unbranched alkanes of at least 4 members (excludes halogenated alkanes) is 1. The fourth-order valence-corrected chi connectivity index (χ4v) is 2.55. The molecule has 0 aliphatic rings. The molecule has 1 rings (SSSR count). The molecule has 126 valence electrons. The van der Waals surface area contributed by atoms with Gasteiger partial charge in [-0.15, -0.1) is 0 Å². The summed E-state index contributed by atoms with van der Waals surface area (Å²) < 4.78 is 10.7. The highest BCUT2D eigenvalue weighted by Gasteiger charge is 2.11. The molecule has 0 radical (unpaired) electrons. The van der Waals surface area contributed by atoms with Crippen molar-refractivity contribution in [3.05, 3.63) is 47.5 Å². The van der Waals surface area contributed by atoms with Gasteiger partial charge in [0.2, 0.25) is 0 Å². The van der Waals surface area contributed by atoms with Crippen LogP contribution in [0.15, 0.2) is 52.0 Å². The van der Waals surface area contributed by atoms with Crippen molar-refractivity contribution < 1.29 is 14.4 Å². The van der Waals surface area contributed by atoms with E-state index >= 15 is 0 Å². The van der Waals surface area contributed by atoms with Crippen LogP contribution in [0.1, 0.15) is 25.3 Å². The van der Waals surface area contributed by atoms with E-state index in [0.29, 0.717) is 25.2 Å². The van der Waals surface area contributed by atoms with Gasteiger partial charge in [-0.3, -0.25) is 14.5 Å². The minimum atomic E-state index is -3.91. The van der Waals surface area contributed by atoms with Gasteiger partial charge in [-0.2, -0.15) is 0 Å². The number of benzene rings is 1. The van der Waals surface area contributed by atoms with Crippen molar-refractivity contribution in [3.8, 4) is 0 Å². The van der Waals surface area contributed by atoms with Gasteiger partial charge in [-0.1, -0.05) is 30.3 Å². The number of rotatable bonds is 8. The lowest BCUT2D eigenvalue weighted by Crippen LogP contribution is -2.15. The van der Waals surface area contributed by atoms with E-state index in [-0.39, 0.29) is 6.16 Å². The predicted octanol–water partition coefficient (Wildman–Crippen LogP) is 2.37. The van der Waals surface area contributed by atoms with Crippen molar-refractivity contribution in [2.45, 2.75) is 19.8 Å². The molecule has 0 spiro atoms.